The maximum absolute atomic E-state index is 13.8. The normalized spacial score (nSPS) is 19.0. The number of carbonyl (C=O) groups is 3. The van der Waals surface area contributed by atoms with Gasteiger partial charge in [-0.3, -0.25) is 14.4 Å². The second-order valence-electron chi connectivity index (χ2n) is 11.4. The number of nitrogens with zero attached hydrogens (tertiary/aromatic N) is 2. The molecule has 10 heteroatoms. The second-order valence-corrected chi connectivity index (χ2v) is 11.4. The third kappa shape index (κ3) is 7.56. The van der Waals surface area contributed by atoms with Gasteiger partial charge in [-0.25, -0.2) is 8.78 Å². The molecule has 3 amide bonds. The quantitative estimate of drug-likeness (QED) is 0.380. The van der Waals surface area contributed by atoms with E-state index < -0.39 is 17.5 Å². The van der Waals surface area contributed by atoms with Crippen LogP contribution in [0.5, 0.6) is 0 Å². The van der Waals surface area contributed by atoms with Crippen molar-refractivity contribution in [2.24, 2.45) is 5.73 Å². The molecule has 0 unspecified atom stereocenters. The van der Waals surface area contributed by atoms with E-state index in [1.165, 1.54) is 0 Å². The Hall–Kier alpha value is -4.31. The van der Waals surface area contributed by atoms with Gasteiger partial charge in [0, 0.05) is 61.0 Å². The molecule has 1 saturated carbocycles. The number of rotatable bonds is 6. The van der Waals surface area contributed by atoms with Crippen molar-refractivity contribution in [3.05, 3.63) is 94.6 Å². The predicted molar refractivity (Wildman–Crippen MR) is 162 cm³/mol. The number of amides is 3. The van der Waals surface area contributed by atoms with Crippen LogP contribution >= 0.6 is 0 Å². The molecule has 8 nitrogen and oxygen atoms in total. The van der Waals surface area contributed by atoms with Crippen LogP contribution in [0.1, 0.15) is 68.7 Å². The van der Waals surface area contributed by atoms with Gasteiger partial charge in [-0.1, -0.05) is 17.7 Å². The number of aryl methyl sites for hydroxylation is 1. The molecule has 3 aromatic rings. The van der Waals surface area contributed by atoms with E-state index in [1.54, 1.807) is 29.2 Å². The smallest absolute Gasteiger partial charge is 0.255 e. The Morgan fingerprint density at radius 3 is 2.23 bits per heavy atom. The van der Waals surface area contributed by atoms with Crippen molar-refractivity contribution in [1.29, 1.82) is 0 Å². The van der Waals surface area contributed by atoms with Gasteiger partial charge in [-0.15, -0.1) is 0 Å². The molecule has 5 rings (SSSR count). The van der Waals surface area contributed by atoms with Gasteiger partial charge in [0.25, 0.3) is 17.7 Å². The fourth-order valence-corrected chi connectivity index (χ4v) is 5.79. The highest BCUT2D eigenvalue weighted by atomic mass is 19.1. The van der Waals surface area contributed by atoms with Crippen molar-refractivity contribution in [2.45, 2.75) is 51.1 Å². The highest BCUT2D eigenvalue weighted by Gasteiger charge is 2.25. The first-order valence-corrected chi connectivity index (χ1v) is 14.7. The van der Waals surface area contributed by atoms with E-state index in [9.17, 15) is 23.2 Å². The largest absolute Gasteiger partial charge is 0.368 e. The zero-order valence-electron chi connectivity index (χ0n) is 24.2. The molecule has 2 aliphatic rings. The lowest BCUT2D eigenvalue weighted by atomic mass is 9.91. The molecule has 1 saturated heterocycles. The summed E-state index contributed by atoms with van der Waals surface area (Å²) in [5, 5.41) is 6.12. The van der Waals surface area contributed by atoms with Crippen LogP contribution < -0.4 is 21.3 Å². The zero-order chi connectivity index (χ0) is 30.5. The average Bonchev–Trinajstić information content (AvgIpc) is 3.24. The summed E-state index contributed by atoms with van der Waals surface area (Å²) in [7, 11) is 0. The molecule has 2 fully saturated rings. The lowest BCUT2D eigenvalue weighted by Crippen LogP contribution is -2.40. The van der Waals surface area contributed by atoms with Crippen LogP contribution in [0.4, 0.5) is 20.2 Å². The molecule has 43 heavy (non-hydrogen) atoms. The lowest BCUT2D eigenvalue weighted by Gasteiger charge is -2.28. The number of halogens is 2. The molecule has 0 bridgehead atoms. The monoisotopic (exact) mass is 589 g/mol. The number of anilines is 2. The summed E-state index contributed by atoms with van der Waals surface area (Å²) in [6.07, 6.45) is 3.98. The van der Waals surface area contributed by atoms with Gasteiger partial charge in [-0.05, 0) is 81.5 Å². The van der Waals surface area contributed by atoms with Crippen molar-refractivity contribution in [2.75, 3.05) is 36.4 Å². The average molecular weight is 590 g/mol. The molecule has 1 aliphatic carbocycles. The minimum atomic E-state index is -0.801. The van der Waals surface area contributed by atoms with Gasteiger partial charge in [-0.2, -0.15) is 0 Å². The summed E-state index contributed by atoms with van der Waals surface area (Å²) in [5.41, 5.74) is 9.05. The number of hydrogen-bond donors (Lipinski definition) is 3. The van der Waals surface area contributed by atoms with Crippen molar-refractivity contribution in [1.82, 2.24) is 10.2 Å². The first kappa shape index (κ1) is 30.2. The van der Waals surface area contributed by atoms with Crippen molar-refractivity contribution >= 4 is 29.1 Å². The Labute approximate surface area is 250 Å². The van der Waals surface area contributed by atoms with Gasteiger partial charge in [0.2, 0.25) is 0 Å². The molecular weight excluding hydrogens is 552 g/mol. The maximum Gasteiger partial charge on any atom is 0.255 e. The number of hydrogen-bond acceptors (Lipinski definition) is 5. The summed E-state index contributed by atoms with van der Waals surface area (Å²) < 4.78 is 27.5. The SMILES string of the molecule is Cc1cccc(C(=O)Nc2cc(C(=O)NC3CCC(N)CC3)ccc2N2CCCN(C(=O)c3cc(F)cc(F)c3)CC2)c1. The first-order chi connectivity index (χ1) is 20.7. The van der Waals surface area contributed by atoms with Crippen LogP contribution in [0.15, 0.2) is 60.7 Å². The van der Waals surface area contributed by atoms with Crippen LogP contribution in [-0.2, 0) is 0 Å². The van der Waals surface area contributed by atoms with Crippen LogP contribution in [0.2, 0.25) is 0 Å². The zero-order valence-corrected chi connectivity index (χ0v) is 24.2. The molecular formula is C33H37F2N5O3. The minimum absolute atomic E-state index is 0.0348. The van der Waals surface area contributed by atoms with Crippen LogP contribution in [0.25, 0.3) is 0 Å². The molecule has 0 spiro atoms. The summed E-state index contributed by atoms with van der Waals surface area (Å²) in [4.78, 5) is 43.2. The Bertz CT molecular complexity index is 1490. The van der Waals surface area contributed by atoms with E-state index in [0.29, 0.717) is 55.1 Å². The van der Waals surface area contributed by atoms with Gasteiger partial charge in [0.05, 0.1) is 11.4 Å². The third-order valence-corrected chi connectivity index (χ3v) is 8.13. The van der Waals surface area contributed by atoms with Crippen LogP contribution in [-0.4, -0.2) is 60.9 Å². The third-order valence-electron chi connectivity index (χ3n) is 8.13. The lowest BCUT2D eigenvalue weighted by molar-refractivity contribution is 0.0765. The molecule has 0 aromatic heterocycles. The Morgan fingerprint density at radius 2 is 1.51 bits per heavy atom. The van der Waals surface area contributed by atoms with Crippen molar-refractivity contribution in [3.63, 3.8) is 0 Å². The number of carbonyl (C=O) groups excluding carboxylic acids is 3. The van der Waals surface area contributed by atoms with E-state index >= 15 is 0 Å². The highest BCUT2D eigenvalue weighted by molar-refractivity contribution is 6.07. The predicted octanol–water partition coefficient (Wildman–Crippen LogP) is 4.88. The molecule has 1 heterocycles. The Balaban J connectivity index is 1.37. The number of nitrogens with two attached hydrogens (primary N) is 1. The van der Waals surface area contributed by atoms with E-state index in [1.807, 2.05) is 25.1 Å². The molecule has 0 radical (unpaired) electrons. The fraction of sp³-hybridized carbons (Fsp3) is 0.364. The molecule has 1 aliphatic heterocycles. The maximum atomic E-state index is 13.8. The molecule has 226 valence electrons. The summed E-state index contributed by atoms with van der Waals surface area (Å²) in [6.45, 7) is 3.62. The van der Waals surface area contributed by atoms with Gasteiger partial charge in [0.1, 0.15) is 11.6 Å². The van der Waals surface area contributed by atoms with Crippen LogP contribution in [0.3, 0.4) is 0 Å². The highest BCUT2D eigenvalue weighted by Crippen LogP contribution is 2.30. The molecule has 3 aromatic carbocycles. The van der Waals surface area contributed by atoms with Crippen molar-refractivity contribution in [3.8, 4) is 0 Å². The van der Waals surface area contributed by atoms with Gasteiger partial charge >= 0.3 is 0 Å². The first-order valence-electron chi connectivity index (χ1n) is 14.7. The topological polar surface area (TPSA) is 108 Å². The second kappa shape index (κ2) is 13.3. The van der Waals surface area contributed by atoms with E-state index in [2.05, 4.69) is 15.5 Å². The van der Waals surface area contributed by atoms with E-state index in [0.717, 1.165) is 49.4 Å². The van der Waals surface area contributed by atoms with Gasteiger partial charge < -0.3 is 26.2 Å². The summed E-state index contributed by atoms with van der Waals surface area (Å²) in [5.74, 6) is -2.56. The summed E-state index contributed by atoms with van der Waals surface area (Å²) >= 11 is 0. The van der Waals surface area contributed by atoms with Crippen molar-refractivity contribution < 1.29 is 23.2 Å². The van der Waals surface area contributed by atoms with E-state index in [4.69, 9.17) is 5.73 Å². The fourth-order valence-electron chi connectivity index (χ4n) is 5.79. The minimum Gasteiger partial charge on any atom is -0.368 e. The summed E-state index contributed by atoms with van der Waals surface area (Å²) in [6, 6.07) is 15.5. The standard InChI is InChI=1S/C33H37F2N5O3/c1-21-4-2-5-22(16-21)32(42)38-29-19-23(31(41)37-28-9-7-27(36)8-10-28)6-11-30(29)39-12-3-13-40(15-14-39)33(43)24-17-25(34)20-26(35)18-24/h2,4-6,11,16-20,27-28H,3,7-10,12-15,36H2,1H3,(H,37,41)(H,38,42). The number of nitrogens with one attached hydrogen (secondary N) is 2. The molecule has 0 atom stereocenters. The van der Waals surface area contributed by atoms with Gasteiger partial charge in [0.15, 0.2) is 0 Å². The number of benzene rings is 3. The Morgan fingerprint density at radius 1 is 0.791 bits per heavy atom. The van der Waals surface area contributed by atoms with Crippen LogP contribution in [0, 0.1) is 18.6 Å². The molecule has 4 N–H and O–H groups in total. The Kier molecular flexibility index (Phi) is 9.35. The van der Waals surface area contributed by atoms with E-state index in [-0.39, 0.29) is 29.5 Å².